The van der Waals surface area contributed by atoms with Gasteiger partial charge in [-0.3, -0.25) is 14.9 Å². The molecule has 1 aliphatic rings. The lowest BCUT2D eigenvalue weighted by Gasteiger charge is -2.20. The average Bonchev–Trinajstić information content (AvgIpc) is 2.78. The number of amides is 1. The van der Waals surface area contributed by atoms with E-state index < -0.39 is 4.92 Å². The zero-order valence-corrected chi connectivity index (χ0v) is 12.7. The molecule has 104 valence electrons. The number of nitrogens with zero attached hydrogens (tertiary/aromatic N) is 1. The van der Waals surface area contributed by atoms with Gasteiger partial charge in [0.2, 0.25) is 0 Å². The maximum Gasteiger partial charge on any atom is 0.324 e. The third kappa shape index (κ3) is 3.76. The van der Waals surface area contributed by atoms with E-state index in [2.05, 4.69) is 21.2 Å². The zero-order valence-electron chi connectivity index (χ0n) is 10.3. The number of hydrogen-bond donors (Lipinski definition) is 1. The van der Waals surface area contributed by atoms with Gasteiger partial charge in [-0.25, -0.2) is 0 Å². The number of carbonyl (C=O) groups excluding carboxylic acids is 1. The molecule has 1 aromatic rings. The van der Waals surface area contributed by atoms with E-state index in [0.717, 1.165) is 30.6 Å². The highest BCUT2D eigenvalue weighted by atomic mass is 79.9. The van der Waals surface area contributed by atoms with E-state index in [0.29, 0.717) is 4.88 Å². The quantitative estimate of drug-likeness (QED) is 0.394. The molecule has 1 aliphatic carbocycles. The lowest BCUT2D eigenvalue weighted by atomic mass is 10.1. The highest BCUT2D eigenvalue weighted by Crippen LogP contribution is 2.26. The minimum Gasteiger partial charge on any atom is -0.347 e. The SMILES string of the molecule is O=C(NC1CCCCCC1Br)c1ccc([N+](=O)[O-])s1. The molecule has 1 saturated carbocycles. The summed E-state index contributed by atoms with van der Waals surface area (Å²) < 4.78 is 0. The Hall–Kier alpha value is -0.950. The third-order valence-electron chi connectivity index (χ3n) is 3.24. The summed E-state index contributed by atoms with van der Waals surface area (Å²) in [4.78, 5) is 22.9. The number of halogens is 1. The van der Waals surface area contributed by atoms with E-state index in [-0.39, 0.29) is 21.8 Å². The molecule has 19 heavy (non-hydrogen) atoms. The van der Waals surface area contributed by atoms with Crippen molar-refractivity contribution in [1.82, 2.24) is 5.32 Å². The van der Waals surface area contributed by atoms with Crippen molar-refractivity contribution in [3.63, 3.8) is 0 Å². The summed E-state index contributed by atoms with van der Waals surface area (Å²) in [6.45, 7) is 0. The first-order valence-corrected chi connectivity index (χ1v) is 8.00. The van der Waals surface area contributed by atoms with Crippen LogP contribution in [0, 0.1) is 10.1 Å². The van der Waals surface area contributed by atoms with Gasteiger partial charge in [-0.05, 0) is 18.9 Å². The van der Waals surface area contributed by atoms with E-state index >= 15 is 0 Å². The first-order valence-electron chi connectivity index (χ1n) is 6.27. The van der Waals surface area contributed by atoms with Gasteiger partial charge in [-0.2, -0.15) is 0 Å². The van der Waals surface area contributed by atoms with Crippen molar-refractivity contribution in [3.05, 3.63) is 27.1 Å². The Bertz CT molecular complexity index is 477. The molecule has 0 bridgehead atoms. The van der Waals surface area contributed by atoms with E-state index in [9.17, 15) is 14.9 Å². The fourth-order valence-electron chi connectivity index (χ4n) is 2.21. The van der Waals surface area contributed by atoms with Gasteiger partial charge in [-0.15, -0.1) is 0 Å². The summed E-state index contributed by atoms with van der Waals surface area (Å²) in [5, 5.41) is 13.6. The summed E-state index contributed by atoms with van der Waals surface area (Å²) >= 11 is 4.53. The predicted molar refractivity (Wildman–Crippen MR) is 78.0 cm³/mol. The Kier molecular flexibility index (Phi) is 4.93. The summed E-state index contributed by atoms with van der Waals surface area (Å²) in [5.41, 5.74) is 0. The van der Waals surface area contributed by atoms with Crippen LogP contribution >= 0.6 is 27.3 Å². The molecule has 0 aromatic carbocycles. The second-order valence-electron chi connectivity index (χ2n) is 4.63. The molecule has 1 fully saturated rings. The van der Waals surface area contributed by atoms with Gasteiger partial charge in [0.25, 0.3) is 5.91 Å². The van der Waals surface area contributed by atoms with Crippen LogP contribution in [-0.2, 0) is 0 Å². The first kappa shape index (κ1) is 14.5. The van der Waals surface area contributed by atoms with Gasteiger partial charge in [-0.1, -0.05) is 46.5 Å². The second-order valence-corrected chi connectivity index (χ2v) is 6.87. The van der Waals surface area contributed by atoms with Gasteiger partial charge in [0.05, 0.1) is 9.80 Å². The number of nitrogens with one attached hydrogen (secondary N) is 1. The Balaban J connectivity index is 2.00. The maximum absolute atomic E-state index is 12.1. The molecule has 1 N–H and O–H groups in total. The molecule has 1 amide bonds. The Labute approximate surface area is 123 Å². The molecular formula is C12H15BrN2O3S. The fraction of sp³-hybridized carbons (Fsp3) is 0.583. The van der Waals surface area contributed by atoms with Crippen molar-refractivity contribution in [1.29, 1.82) is 0 Å². The van der Waals surface area contributed by atoms with Crippen LogP contribution in [0.25, 0.3) is 0 Å². The molecule has 1 heterocycles. The van der Waals surface area contributed by atoms with Crippen LogP contribution in [0.2, 0.25) is 0 Å². The van der Waals surface area contributed by atoms with Crippen LogP contribution in [0.15, 0.2) is 12.1 Å². The van der Waals surface area contributed by atoms with Gasteiger partial charge in [0.15, 0.2) is 0 Å². The molecule has 2 atom stereocenters. The smallest absolute Gasteiger partial charge is 0.324 e. The summed E-state index contributed by atoms with van der Waals surface area (Å²) in [6, 6.07) is 2.99. The molecule has 0 aliphatic heterocycles. The van der Waals surface area contributed by atoms with Gasteiger partial charge in [0.1, 0.15) is 0 Å². The van der Waals surface area contributed by atoms with Crippen molar-refractivity contribution in [2.75, 3.05) is 0 Å². The zero-order chi connectivity index (χ0) is 13.8. The predicted octanol–water partition coefficient (Wildman–Crippen LogP) is 3.48. The van der Waals surface area contributed by atoms with E-state index in [1.807, 2.05) is 0 Å². The second kappa shape index (κ2) is 6.47. The third-order valence-corrected chi connectivity index (χ3v) is 5.38. The van der Waals surface area contributed by atoms with Crippen LogP contribution in [-0.4, -0.2) is 21.7 Å². The van der Waals surface area contributed by atoms with Crippen LogP contribution in [0.3, 0.4) is 0 Å². The monoisotopic (exact) mass is 346 g/mol. The van der Waals surface area contributed by atoms with Gasteiger partial charge < -0.3 is 5.32 Å². The van der Waals surface area contributed by atoms with Crippen LogP contribution in [0.5, 0.6) is 0 Å². The van der Waals surface area contributed by atoms with E-state index in [1.165, 1.54) is 25.0 Å². The minimum absolute atomic E-state index is 0.00130. The van der Waals surface area contributed by atoms with E-state index in [4.69, 9.17) is 0 Å². The molecule has 2 unspecified atom stereocenters. The number of thiophene rings is 1. The van der Waals surface area contributed by atoms with Crippen molar-refractivity contribution < 1.29 is 9.72 Å². The normalized spacial score (nSPS) is 23.6. The Morgan fingerprint density at radius 2 is 2.11 bits per heavy atom. The summed E-state index contributed by atoms with van der Waals surface area (Å²) in [5.74, 6) is -0.213. The van der Waals surface area contributed by atoms with Gasteiger partial charge >= 0.3 is 5.00 Å². The van der Waals surface area contributed by atoms with Crippen LogP contribution in [0.1, 0.15) is 41.8 Å². The summed E-state index contributed by atoms with van der Waals surface area (Å²) in [7, 11) is 0. The van der Waals surface area contributed by atoms with Crippen molar-refractivity contribution >= 4 is 38.2 Å². The fourth-order valence-corrected chi connectivity index (χ4v) is 3.66. The molecule has 1 aromatic heterocycles. The Morgan fingerprint density at radius 1 is 1.37 bits per heavy atom. The molecule has 0 radical (unpaired) electrons. The Morgan fingerprint density at radius 3 is 2.79 bits per heavy atom. The highest BCUT2D eigenvalue weighted by Gasteiger charge is 2.24. The number of rotatable bonds is 3. The molecule has 0 spiro atoms. The number of carbonyl (C=O) groups is 1. The van der Waals surface area contributed by atoms with Gasteiger partial charge in [0, 0.05) is 16.9 Å². The topological polar surface area (TPSA) is 72.2 Å². The largest absolute Gasteiger partial charge is 0.347 e. The maximum atomic E-state index is 12.1. The molecule has 5 nitrogen and oxygen atoms in total. The number of alkyl halides is 1. The molecular weight excluding hydrogens is 332 g/mol. The number of nitro groups is 1. The number of hydrogen-bond acceptors (Lipinski definition) is 4. The van der Waals surface area contributed by atoms with Crippen LogP contribution in [0.4, 0.5) is 5.00 Å². The molecule has 0 saturated heterocycles. The first-order chi connectivity index (χ1) is 9.08. The summed E-state index contributed by atoms with van der Waals surface area (Å²) in [6.07, 6.45) is 5.48. The standard InChI is InChI=1S/C12H15BrN2O3S/c13-8-4-2-1-3-5-9(8)14-12(16)10-6-7-11(19-10)15(17)18/h6-9H,1-5H2,(H,14,16). The molecule has 7 heteroatoms. The van der Waals surface area contributed by atoms with Crippen LogP contribution < -0.4 is 5.32 Å². The van der Waals surface area contributed by atoms with Crippen molar-refractivity contribution in [2.24, 2.45) is 0 Å². The average molecular weight is 347 g/mol. The lowest BCUT2D eigenvalue weighted by molar-refractivity contribution is -0.380. The van der Waals surface area contributed by atoms with Crippen molar-refractivity contribution in [3.8, 4) is 0 Å². The highest BCUT2D eigenvalue weighted by molar-refractivity contribution is 9.09. The minimum atomic E-state index is -0.472. The lowest BCUT2D eigenvalue weighted by Crippen LogP contribution is -2.39. The van der Waals surface area contributed by atoms with Crippen molar-refractivity contribution in [2.45, 2.75) is 43.0 Å². The van der Waals surface area contributed by atoms with E-state index in [1.54, 1.807) is 0 Å². The molecule has 2 rings (SSSR count).